The van der Waals surface area contributed by atoms with Crippen LogP contribution in [0.25, 0.3) is 0 Å². The summed E-state index contributed by atoms with van der Waals surface area (Å²) in [4.78, 5) is 13.3. The lowest BCUT2D eigenvalue weighted by atomic mass is 10.1. The first kappa shape index (κ1) is 16.9. The van der Waals surface area contributed by atoms with E-state index in [0.29, 0.717) is 13.0 Å². The summed E-state index contributed by atoms with van der Waals surface area (Å²) >= 11 is 0. The number of rotatable bonds is 5. The third-order valence-corrected chi connectivity index (χ3v) is 2.57. The Morgan fingerprint density at radius 2 is 1.94 bits per heavy atom. The van der Waals surface area contributed by atoms with E-state index in [9.17, 15) is 9.18 Å². The second kappa shape index (κ2) is 8.06. The first-order chi connectivity index (χ1) is 7.99. The van der Waals surface area contributed by atoms with Gasteiger partial charge in [0.25, 0.3) is 0 Å². The molecule has 0 heterocycles. The molecule has 1 unspecified atom stereocenters. The summed E-state index contributed by atoms with van der Waals surface area (Å²) in [6, 6.07) is 6.21. The summed E-state index contributed by atoms with van der Waals surface area (Å²) in [5, 5.41) is 0. The van der Waals surface area contributed by atoms with E-state index in [0.717, 1.165) is 12.0 Å². The fourth-order valence-corrected chi connectivity index (χ4v) is 1.50. The zero-order chi connectivity index (χ0) is 12.8. The highest BCUT2D eigenvalue weighted by atomic mass is 35.5. The summed E-state index contributed by atoms with van der Waals surface area (Å²) in [5.41, 5.74) is 6.59. The van der Waals surface area contributed by atoms with E-state index in [2.05, 4.69) is 0 Å². The number of carbonyl (C=O) groups is 1. The predicted molar refractivity (Wildman–Crippen MR) is 73.3 cm³/mol. The van der Waals surface area contributed by atoms with Crippen LogP contribution in [0.2, 0.25) is 0 Å². The molecule has 1 aromatic carbocycles. The molecule has 0 aliphatic heterocycles. The number of nitrogens with two attached hydrogens (primary N) is 1. The molecule has 0 saturated carbocycles. The van der Waals surface area contributed by atoms with E-state index in [1.165, 1.54) is 12.1 Å². The van der Waals surface area contributed by atoms with Crippen LogP contribution in [0.5, 0.6) is 0 Å². The zero-order valence-electron chi connectivity index (χ0n) is 10.7. The van der Waals surface area contributed by atoms with Crippen molar-refractivity contribution in [3.05, 3.63) is 35.6 Å². The minimum absolute atomic E-state index is 0. The Kier molecular flexibility index (Phi) is 7.55. The molecule has 1 aromatic rings. The standard InChI is InChI=1S/C13H19FN2O.ClH/c1-10(15)9-13(17)16(2)8-7-11-3-5-12(14)6-4-11;/h3-6,10H,7-9,15H2,1-2H3;1H. The molecule has 18 heavy (non-hydrogen) atoms. The van der Waals surface area contributed by atoms with Crippen molar-refractivity contribution in [1.82, 2.24) is 4.90 Å². The molecule has 0 aliphatic rings. The van der Waals surface area contributed by atoms with Gasteiger partial charge in [0.05, 0.1) is 0 Å². The molecular formula is C13H20ClFN2O. The molecule has 0 spiro atoms. The summed E-state index contributed by atoms with van der Waals surface area (Å²) in [7, 11) is 1.76. The SMILES string of the molecule is CC(N)CC(=O)N(C)CCc1ccc(F)cc1.Cl. The molecule has 0 aromatic heterocycles. The Bertz CT molecular complexity index is 368. The number of halogens is 2. The van der Waals surface area contributed by atoms with Crippen LogP contribution in [0, 0.1) is 5.82 Å². The van der Waals surface area contributed by atoms with Crippen molar-refractivity contribution in [1.29, 1.82) is 0 Å². The number of hydrogen-bond donors (Lipinski definition) is 1. The number of nitrogens with zero attached hydrogens (tertiary/aromatic N) is 1. The highest BCUT2D eigenvalue weighted by Crippen LogP contribution is 2.04. The molecule has 3 nitrogen and oxygen atoms in total. The van der Waals surface area contributed by atoms with Crippen LogP contribution in [0.15, 0.2) is 24.3 Å². The fraction of sp³-hybridized carbons (Fsp3) is 0.462. The number of amides is 1. The smallest absolute Gasteiger partial charge is 0.223 e. The Labute approximate surface area is 114 Å². The number of likely N-dealkylation sites (N-methyl/N-ethyl adjacent to an activating group) is 1. The van der Waals surface area contributed by atoms with Crippen LogP contribution in [-0.2, 0) is 11.2 Å². The fourth-order valence-electron chi connectivity index (χ4n) is 1.50. The summed E-state index contributed by atoms with van der Waals surface area (Å²) in [6.07, 6.45) is 1.08. The summed E-state index contributed by atoms with van der Waals surface area (Å²) < 4.78 is 12.7. The lowest BCUT2D eigenvalue weighted by Gasteiger charge is -2.18. The van der Waals surface area contributed by atoms with Gasteiger partial charge in [0.1, 0.15) is 5.82 Å². The Morgan fingerprint density at radius 3 is 2.44 bits per heavy atom. The Morgan fingerprint density at radius 1 is 1.39 bits per heavy atom. The zero-order valence-corrected chi connectivity index (χ0v) is 11.5. The first-order valence-corrected chi connectivity index (χ1v) is 5.73. The molecule has 1 rings (SSSR count). The molecule has 1 amide bonds. The predicted octanol–water partition coefficient (Wildman–Crippen LogP) is 1.99. The molecule has 0 bridgehead atoms. The maximum atomic E-state index is 12.7. The molecule has 0 saturated heterocycles. The van der Waals surface area contributed by atoms with Crippen LogP contribution in [0.3, 0.4) is 0 Å². The second-order valence-corrected chi connectivity index (χ2v) is 4.37. The van der Waals surface area contributed by atoms with Crippen molar-refractivity contribution in [2.45, 2.75) is 25.8 Å². The lowest BCUT2D eigenvalue weighted by Crippen LogP contribution is -2.33. The van der Waals surface area contributed by atoms with Crippen molar-refractivity contribution in [3.63, 3.8) is 0 Å². The number of carbonyl (C=O) groups excluding carboxylic acids is 1. The summed E-state index contributed by atoms with van der Waals surface area (Å²) in [5.74, 6) is -0.197. The van der Waals surface area contributed by atoms with Gasteiger partial charge >= 0.3 is 0 Å². The average molecular weight is 275 g/mol. The van der Waals surface area contributed by atoms with Crippen LogP contribution in [0.1, 0.15) is 18.9 Å². The van der Waals surface area contributed by atoms with Gasteiger partial charge in [-0.15, -0.1) is 12.4 Å². The van der Waals surface area contributed by atoms with E-state index < -0.39 is 0 Å². The largest absolute Gasteiger partial charge is 0.345 e. The van der Waals surface area contributed by atoms with Crippen LogP contribution < -0.4 is 5.73 Å². The maximum Gasteiger partial charge on any atom is 0.223 e. The molecule has 0 radical (unpaired) electrons. The van der Waals surface area contributed by atoms with Crippen molar-refractivity contribution in [3.8, 4) is 0 Å². The maximum absolute atomic E-state index is 12.7. The van der Waals surface area contributed by atoms with E-state index in [4.69, 9.17) is 5.73 Å². The van der Waals surface area contributed by atoms with Crippen molar-refractivity contribution in [2.75, 3.05) is 13.6 Å². The molecule has 102 valence electrons. The van der Waals surface area contributed by atoms with Crippen LogP contribution in [0.4, 0.5) is 4.39 Å². The summed E-state index contributed by atoms with van der Waals surface area (Å²) in [6.45, 7) is 2.43. The van der Waals surface area contributed by atoms with Gasteiger partial charge < -0.3 is 10.6 Å². The van der Waals surface area contributed by atoms with Crippen LogP contribution in [-0.4, -0.2) is 30.4 Å². The third kappa shape index (κ3) is 5.98. The highest BCUT2D eigenvalue weighted by Gasteiger charge is 2.10. The molecule has 2 N–H and O–H groups in total. The van der Waals surface area contributed by atoms with Gasteiger partial charge in [-0.1, -0.05) is 12.1 Å². The van der Waals surface area contributed by atoms with Gasteiger partial charge in [0.15, 0.2) is 0 Å². The van der Waals surface area contributed by atoms with Gasteiger partial charge in [-0.3, -0.25) is 4.79 Å². The minimum atomic E-state index is -0.241. The molecule has 0 fully saturated rings. The van der Waals surface area contributed by atoms with Crippen molar-refractivity contribution < 1.29 is 9.18 Å². The quantitative estimate of drug-likeness (QED) is 0.893. The van der Waals surface area contributed by atoms with Gasteiger partial charge in [-0.25, -0.2) is 4.39 Å². The van der Waals surface area contributed by atoms with Gasteiger partial charge in [0, 0.05) is 26.1 Å². The van der Waals surface area contributed by atoms with Crippen molar-refractivity contribution >= 4 is 18.3 Å². The first-order valence-electron chi connectivity index (χ1n) is 5.73. The van der Waals surface area contributed by atoms with E-state index in [1.54, 1.807) is 24.1 Å². The Hall–Kier alpha value is -1.13. The molecule has 1 atom stereocenters. The van der Waals surface area contributed by atoms with Gasteiger partial charge in [-0.05, 0) is 31.0 Å². The monoisotopic (exact) mass is 274 g/mol. The molecule has 0 aliphatic carbocycles. The van der Waals surface area contributed by atoms with Gasteiger partial charge in [0.2, 0.25) is 5.91 Å². The van der Waals surface area contributed by atoms with E-state index >= 15 is 0 Å². The normalized spacial score (nSPS) is 11.6. The lowest BCUT2D eigenvalue weighted by molar-refractivity contribution is -0.130. The average Bonchev–Trinajstić information content (AvgIpc) is 2.27. The Balaban J connectivity index is 0.00000289. The third-order valence-electron chi connectivity index (χ3n) is 2.57. The minimum Gasteiger partial charge on any atom is -0.345 e. The van der Waals surface area contributed by atoms with Gasteiger partial charge in [-0.2, -0.15) is 0 Å². The van der Waals surface area contributed by atoms with Crippen LogP contribution >= 0.6 is 12.4 Å². The van der Waals surface area contributed by atoms with E-state index in [-0.39, 0.29) is 30.2 Å². The van der Waals surface area contributed by atoms with E-state index in [1.807, 2.05) is 6.92 Å². The van der Waals surface area contributed by atoms with Crippen molar-refractivity contribution in [2.24, 2.45) is 5.73 Å². The number of benzene rings is 1. The highest BCUT2D eigenvalue weighted by molar-refractivity contribution is 5.85. The topological polar surface area (TPSA) is 46.3 Å². The number of hydrogen-bond acceptors (Lipinski definition) is 2. The second-order valence-electron chi connectivity index (χ2n) is 4.37. The molecular weight excluding hydrogens is 255 g/mol. The molecule has 5 heteroatoms.